The highest BCUT2D eigenvalue weighted by Crippen LogP contribution is 2.29. The fourth-order valence-corrected chi connectivity index (χ4v) is 4.16. The summed E-state index contributed by atoms with van der Waals surface area (Å²) < 4.78 is 8.80. The van der Waals surface area contributed by atoms with Crippen molar-refractivity contribution >= 4 is 34.3 Å². The molecule has 2 aromatic heterocycles. The summed E-state index contributed by atoms with van der Waals surface area (Å²) in [6.07, 6.45) is 1.50. The van der Waals surface area contributed by atoms with Gasteiger partial charge in [0, 0.05) is 12.1 Å². The molecule has 4 rings (SSSR count). The molecule has 9 heteroatoms. The van der Waals surface area contributed by atoms with Crippen LogP contribution in [0, 0.1) is 6.92 Å². The van der Waals surface area contributed by atoms with Crippen molar-refractivity contribution < 1.29 is 4.74 Å². The summed E-state index contributed by atoms with van der Waals surface area (Å²) >= 11 is 7.53. The SMILES string of the molecule is COc1ccc(C)cc1-n1c(SCc2ncnn2C)nc2cc(Cl)ccc2c1=O. The number of hydrogen-bond acceptors (Lipinski definition) is 6. The number of rotatable bonds is 5. The van der Waals surface area contributed by atoms with Crippen LogP contribution in [-0.4, -0.2) is 31.4 Å². The van der Waals surface area contributed by atoms with Crippen molar-refractivity contribution in [2.45, 2.75) is 17.8 Å². The summed E-state index contributed by atoms with van der Waals surface area (Å²) in [6.45, 7) is 1.97. The first-order valence-corrected chi connectivity index (χ1v) is 10.2. The number of methoxy groups -OCH3 is 1. The first-order valence-electron chi connectivity index (χ1n) is 8.81. The van der Waals surface area contributed by atoms with E-state index in [0.29, 0.717) is 38.3 Å². The molecule has 0 saturated heterocycles. The molecule has 0 fully saturated rings. The highest BCUT2D eigenvalue weighted by molar-refractivity contribution is 7.98. The zero-order valence-electron chi connectivity index (χ0n) is 16.1. The van der Waals surface area contributed by atoms with Crippen LogP contribution in [0.25, 0.3) is 16.6 Å². The average Bonchev–Trinajstić information content (AvgIpc) is 3.11. The van der Waals surface area contributed by atoms with Gasteiger partial charge in [0.1, 0.15) is 17.9 Å². The Morgan fingerprint density at radius 2 is 2.03 bits per heavy atom. The van der Waals surface area contributed by atoms with Gasteiger partial charge in [0.05, 0.1) is 29.5 Å². The molecule has 2 heterocycles. The van der Waals surface area contributed by atoms with E-state index in [4.69, 9.17) is 21.3 Å². The Balaban J connectivity index is 1.94. The number of benzene rings is 2. The first-order chi connectivity index (χ1) is 14.0. The number of aromatic nitrogens is 5. The fourth-order valence-electron chi connectivity index (χ4n) is 3.00. The van der Waals surface area contributed by atoms with Crippen molar-refractivity contribution in [3.8, 4) is 11.4 Å². The van der Waals surface area contributed by atoms with E-state index in [1.54, 1.807) is 34.6 Å². The quantitative estimate of drug-likeness (QED) is 0.356. The van der Waals surface area contributed by atoms with E-state index in [1.165, 1.54) is 18.1 Å². The Hall–Kier alpha value is -2.84. The molecule has 0 N–H and O–H groups in total. The van der Waals surface area contributed by atoms with Crippen LogP contribution in [0.1, 0.15) is 11.4 Å². The van der Waals surface area contributed by atoms with Crippen molar-refractivity contribution in [3.05, 3.63) is 69.5 Å². The molecular formula is C20H18ClN5O2S. The van der Waals surface area contributed by atoms with Crippen LogP contribution in [0.15, 0.2) is 52.7 Å². The number of halogens is 1. The smallest absolute Gasteiger partial charge is 0.266 e. The second-order valence-corrected chi connectivity index (χ2v) is 7.84. The van der Waals surface area contributed by atoms with Crippen molar-refractivity contribution in [1.82, 2.24) is 24.3 Å². The lowest BCUT2D eigenvalue weighted by atomic mass is 10.2. The van der Waals surface area contributed by atoms with E-state index in [9.17, 15) is 4.79 Å². The molecule has 0 aliphatic carbocycles. The van der Waals surface area contributed by atoms with Crippen molar-refractivity contribution in [2.75, 3.05) is 7.11 Å². The molecule has 0 atom stereocenters. The van der Waals surface area contributed by atoms with E-state index in [0.717, 1.165) is 11.4 Å². The Morgan fingerprint density at radius 3 is 2.76 bits per heavy atom. The minimum absolute atomic E-state index is 0.184. The van der Waals surface area contributed by atoms with Gasteiger partial charge in [-0.15, -0.1) is 0 Å². The van der Waals surface area contributed by atoms with Gasteiger partial charge in [0.15, 0.2) is 5.16 Å². The Morgan fingerprint density at radius 1 is 1.21 bits per heavy atom. The van der Waals surface area contributed by atoms with Crippen LogP contribution < -0.4 is 10.3 Å². The predicted octanol–water partition coefficient (Wildman–Crippen LogP) is 3.78. The zero-order valence-corrected chi connectivity index (χ0v) is 17.7. The normalized spacial score (nSPS) is 11.2. The molecule has 29 heavy (non-hydrogen) atoms. The first kappa shape index (κ1) is 19.5. The van der Waals surface area contributed by atoms with Crippen LogP contribution in [0.2, 0.25) is 5.02 Å². The lowest BCUT2D eigenvalue weighted by molar-refractivity contribution is 0.411. The fraction of sp³-hybridized carbons (Fsp3) is 0.200. The van der Waals surface area contributed by atoms with Gasteiger partial charge in [-0.3, -0.25) is 14.0 Å². The molecule has 0 radical (unpaired) electrons. The molecule has 0 amide bonds. The van der Waals surface area contributed by atoms with Gasteiger partial charge >= 0.3 is 0 Å². The average molecular weight is 428 g/mol. The topological polar surface area (TPSA) is 74.8 Å². The Bertz CT molecular complexity index is 1270. The third-order valence-electron chi connectivity index (χ3n) is 4.51. The summed E-state index contributed by atoms with van der Waals surface area (Å²) in [5.74, 6) is 1.87. The maximum atomic E-state index is 13.4. The molecule has 0 spiro atoms. The van der Waals surface area contributed by atoms with Crippen molar-refractivity contribution in [2.24, 2.45) is 7.05 Å². The zero-order chi connectivity index (χ0) is 20.5. The van der Waals surface area contributed by atoms with Gasteiger partial charge in [-0.25, -0.2) is 9.97 Å². The van der Waals surface area contributed by atoms with E-state index < -0.39 is 0 Å². The second kappa shape index (κ2) is 7.88. The third kappa shape index (κ3) is 3.73. The number of ether oxygens (including phenoxy) is 1. The van der Waals surface area contributed by atoms with Gasteiger partial charge in [-0.2, -0.15) is 5.10 Å². The van der Waals surface area contributed by atoms with Gasteiger partial charge in [-0.1, -0.05) is 29.4 Å². The second-order valence-electron chi connectivity index (χ2n) is 6.46. The highest BCUT2D eigenvalue weighted by atomic mass is 35.5. The summed E-state index contributed by atoms with van der Waals surface area (Å²) in [6, 6.07) is 10.8. The molecule has 148 valence electrons. The van der Waals surface area contributed by atoms with E-state index in [2.05, 4.69) is 10.1 Å². The minimum Gasteiger partial charge on any atom is -0.495 e. The van der Waals surface area contributed by atoms with E-state index >= 15 is 0 Å². The van der Waals surface area contributed by atoms with E-state index in [1.807, 2.05) is 32.2 Å². The molecule has 0 bridgehead atoms. The Kier molecular flexibility index (Phi) is 5.29. The molecule has 0 aliphatic heterocycles. The summed E-state index contributed by atoms with van der Waals surface area (Å²) in [7, 11) is 3.41. The van der Waals surface area contributed by atoms with Crippen LogP contribution in [0.5, 0.6) is 5.75 Å². The monoisotopic (exact) mass is 427 g/mol. The molecule has 0 saturated carbocycles. The third-order valence-corrected chi connectivity index (χ3v) is 5.68. The lowest BCUT2D eigenvalue weighted by Gasteiger charge is -2.16. The molecule has 0 unspecified atom stereocenters. The molecule has 2 aromatic carbocycles. The summed E-state index contributed by atoms with van der Waals surface area (Å²) in [5.41, 5.74) is 2.01. The number of nitrogens with zero attached hydrogens (tertiary/aromatic N) is 5. The highest BCUT2D eigenvalue weighted by Gasteiger charge is 2.18. The van der Waals surface area contributed by atoms with Crippen LogP contribution in [0.3, 0.4) is 0 Å². The maximum Gasteiger partial charge on any atom is 0.266 e. The minimum atomic E-state index is -0.184. The lowest BCUT2D eigenvalue weighted by Crippen LogP contribution is -2.22. The van der Waals surface area contributed by atoms with Gasteiger partial charge in [-0.05, 0) is 42.8 Å². The summed E-state index contributed by atoms with van der Waals surface area (Å²) in [5, 5.41) is 5.63. The summed E-state index contributed by atoms with van der Waals surface area (Å²) in [4.78, 5) is 22.4. The standard InChI is InChI=1S/C20H18ClN5O2S/c1-12-4-7-17(28-3)16(8-12)26-19(27)14-6-5-13(21)9-15(14)24-20(26)29-10-18-22-11-23-25(18)2/h4-9,11H,10H2,1-3H3. The van der Waals surface area contributed by atoms with Crippen molar-refractivity contribution in [1.29, 1.82) is 0 Å². The van der Waals surface area contributed by atoms with Gasteiger partial charge in [0.25, 0.3) is 5.56 Å². The number of aryl methyl sites for hydroxylation is 2. The maximum absolute atomic E-state index is 13.4. The van der Waals surface area contributed by atoms with Crippen LogP contribution in [-0.2, 0) is 12.8 Å². The molecular weight excluding hydrogens is 410 g/mol. The number of hydrogen-bond donors (Lipinski definition) is 0. The van der Waals surface area contributed by atoms with E-state index in [-0.39, 0.29) is 5.56 Å². The number of fused-ring (bicyclic) bond motifs is 1. The largest absolute Gasteiger partial charge is 0.495 e. The molecule has 4 aromatic rings. The molecule has 7 nitrogen and oxygen atoms in total. The van der Waals surface area contributed by atoms with Gasteiger partial charge in [0.2, 0.25) is 0 Å². The number of thioether (sulfide) groups is 1. The van der Waals surface area contributed by atoms with Crippen LogP contribution >= 0.6 is 23.4 Å². The predicted molar refractivity (Wildman–Crippen MR) is 114 cm³/mol. The van der Waals surface area contributed by atoms with Crippen molar-refractivity contribution in [3.63, 3.8) is 0 Å². The van der Waals surface area contributed by atoms with Gasteiger partial charge < -0.3 is 4.74 Å². The van der Waals surface area contributed by atoms with Crippen LogP contribution in [0.4, 0.5) is 0 Å². The Labute approximate surface area is 176 Å². The molecule has 0 aliphatic rings.